The fraction of sp³-hybridized carbons (Fsp3) is 0.833. The van der Waals surface area contributed by atoms with E-state index in [0.29, 0.717) is 6.04 Å². The fourth-order valence-corrected chi connectivity index (χ4v) is 3.44. The van der Waals surface area contributed by atoms with E-state index < -0.39 is 0 Å². The minimum absolute atomic E-state index is 0.638. The number of aryl methyl sites for hydroxylation is 2. The highest BCUT2D eigenvalue weighted by molar-refractivity contribution is 5.47. The van der Waals surface area contributed by atoms with Gasteiger partial charge in [0.05, 0.1) is 11.4 Å². The van der Waals surface area contributed by atoms with Crippen LogP contribution >= 0.6 is 0 Å². The van der Waals surface area contributed by atoms with Crippen molar-refractivity contribution >= 4 is 5.69 Å². The molecule has 0 bridgehead atoms. The third kappa shape index (κ3) is 5.72. The first-order valence-corrected chi connectivity index (χ1v) is 9.08. The topological polar surface area (TPSA) is 29.9 Å². The van der Waals surface area contributed by atoms with Gasteiger partial charge >= 0.3 is 0 Å². The summed E-state index contributed by atoms with van der Waals surface area (Å²) in [5.74, 6) is 0. The second kappa shape index (κ2) is 9.11. The van der Waals surface area contributed by atoms with Crippen LogP contribution in [-0.2, 0) is 13.5 Å². The van der Waals surface area contributed by atoms with Gasteiger partial charge in [-0.25, -0.2) is 0 Å². The van der Waals surface area contributed by atoms with Crippen LogP contribution in [0.2, 0.25) is 0 Å². The van der Waals surface area contributed by atoms with Crippen LogP contribution in [0.5, 0.6) is 0 Å². The molecular weight excluding hydrogens is 258 g/mol. The molecule has 21 heavy (non-hydrogen) atoms. The summed E-state index contributed by atoms with van der Waals surface area (Å²) >= 11 is 0. The highest BCUT2D eigenvalue weighted by Crippen LogP contribution is 2.22. The van der Waals surface area contributed by atoms with E-state index in [-0.39, 0.29) is 0 Å². The van der Waals surface area contributed by atoms with Crippen LogP contribution in [0.25, 0.3) is 0 Å². The molecule has 1 heterocycles. The smallest absolute Gasteiger partial charge is 0.0853 e. The standard InChI is InChI=1S/C18H33N3/c1-3-17-18(15-21(2)20-17)19-16-13-11-9-7-5-4-6-8-10-12-14-16/h15-16,19H,3-14H2,1-2H3. The lowest BCUT2D eigenvalue weighted by atomic mass is 9.98. The van der Waals surface area contributed by atoms with E-state index in [0.717, 1.165) is 6.42 Å². The third-order valence-corrected chi connectivity index (χ3v) is 4.70. The van der Waals surface area contributed by atoms with Crippen molar-refractivity contribution in [1.29, 1.82) is 0 Å². The van der Waals surface area contributed by atoms with Crippen molar-refractivity contribution in [3.63, 3.8) is 0 Å². The quantitative estimate of drug-likeness (QED) is 0.842. The molecule has 1 aliphatic carbocycles. The highest BCUT2D eigenvalue weighted by Gasteiger charge is 2.13. The molecule has 1 N–H and O–H groups in total. The number of rotatable bonds is 3. The van der Waals surface area contributed by atoms with E-state index in [2.05, 4.69) is 23.5 Å². The van der Waals surface area contributed by atoms with Crippen LogP contribution in [0, 0.1) is 0 Å². The first kappa shape index (κ1) is 16.4. The zero-order chi connectivity index (χ0) is 14.9. The Morgan fingerprint density at radius 2 is 1.52 bits per heavy atom. The molecule has 1 aromatic rings. The molecule has 0 aliphatic heterocycles. The van der Waals surface area contributed by atoms with E-state index in [1.807, 2.05) is 11.7 Å². The SMILES string of the molecule is CCc1nn(C)cc1NC1CCCCCCCCCCC1. The van der Waals surface area contributed by atoms with Crippen LogP contribution in [0.15, 0.2) is 6.20 Å². The van der Waals surface area contributed by atoms with E-state index in [1.165, 1.54) is 82.0 Å². The minimum atomic E-state index is 0.638. The molecule has 0 saturated heterocycles. The second-order valence-corrected chi connectivity index (χ2v) is 6.62. The van der Waals surface area contributed by atoms with Gasteiger partial charge in [-0.15, -0.1) is 0 Å². The first-order chi connectivity index (χ1) is 10.3. The lowest BCUT2D eigenvalue weighted by molar-refractivity contribution is 0.480. The predicted octanol–water partition coefficient (Wildman–Crippen LogP) is 5.07. The number of aromatic nitrogens is 2. The van der Waals surface area contributed by atoms with Crippen LogP contribution in [0.1, 0.15) is 83.2 Å². The van der Waals surface area contributed by atoms with Gasteiger partial charge < -0.3 is 5.32 Å². The van der Waals surface area contributed by atoms with Crippen molar-refractivity contribution in [2.75, 3.05) is 5.32 Å². The summed E-state index contributed by atoms with van der Waals surface area (Å²) in [6.45, 7) is 2.19. The number of anilines is 1. The number of hydrogen-bond acceptors (Lipinski definition) is 2. The number of nitrogens with zero attached hydrogens (tertiary/aromatic N) is 2. The minimum Gasteiger partial charge on any atom is -0.380 e. The van der Waals surface area contributed by atoms with Crippen molar-refractivity contribution < 1.29 is 0 Å². The Bertz CT molecular complexity index is 385. The summed E-state index contributed by atoms with van der Waals surface area (Å²) in [4.78, 5) is 0. The van der Waals surface area contributed by atoms with Crippen molar-refractivity contribution in [2.45, 2.75) is 90.0 Å². The average molecular weight is 291 g/mol. The Morgan fingerprint density at radius 1 is 1.00 bits per heavy atom. The molecular formula is C18H33N3. The van der Waals surface area contributed by atoms with E-state index in [9.17, 15) is 0 Å². The Hall–Kier alpha value is -0.990. The molecule has 0 atom stereocenters. The molecule has 0 aromatic carbocycles. The summed E-state index contributed by atoms with van der Waals surface area (Å²) < 4.78 is 1.94. The Labute approximate surface area is 130 Å². The van der Waals surface area contributed by atoms with Crippen LogP contribution in [-0.4, -0.2) is 15.8 Å². The summed E-state index contributed by atoms with van der Waals surface area (Å²) in [7, 11) is 2.02. The normalized spacial score (nSPS) is 19.7. The van der Waals surface area contributed by atoms with Crippen LogP contribution < -0.4 is 5.32 Å². The Kier molecular flexibility index (Phi) is 7.11. The molecule has 3 nitrogen and oxygen atoms in total. The van der Waals surface area contributed by atoms with E-state index in [4.69, 9.17) is 0 Å². The third-order valence-electron chi connectivity index (χ3n) is 4.70. The molecule has 2 rings (SSSR count). The Balaban J connectivity index is 1.90. The molecule has 0 spiro atoms. The first-order valence-electron chi connectivity index (χ1n) is 9.08. The fourth-order valence-electron chi connectivity index (χ4n) is 3.44. The van der Waals surface area contributed by atoms with Crippen molar-refractivity contribution in [2.24, 2.45) is 7.05 Å². The molecule has 120 valence electrons. The molecule has 1 aliphatic rings. The van der Waals surface area contributed by atoms with Gasteiger partial charge in [0.1, 0.15) is 0 Å². The zero-order valence-electron chi connectivity index (χ0n) is 14.0. The largest absolute Gasteiger partial charge is 0.380 e. The summed E-state index contributed by atoms with van der Waals surface area (Å²) in [6, 6.07) is 0.638. The van der Waals surface area contributed by atoms with Gasteiger partial charge in [-0.05, 0) is 19.3 Å². The van der Waals surface area contributed by atoms with Gasteiger partial charge in [0.25, 0.3) is 0 Å². The number of nitrogens with one attached hydrogen (secondary N) is 1. The molecule has 0 amide bonds. The van der Waals surface area contributed by atoms with E-state index >= 15 is 0 Å². The Morgan fingerprint density at radius 3 is 2.05 bits per heavy atom. The predicted molar refractivity (Wildman–Crippen MR) is 90.8 cm³/mol. The molecule has 1 aromatic heterocycles. The van der Waals surface area contributed by atoms with Crippen LogP contribution in [0.4, 0.5) is 5.69 Å². The summed E-state index contributed by atoms with van der Waals surface area (Å²) in [5.41, 5.74) is 2.47. The maximum absolute atomic E-state index is 4.55. The highest BCUT2D eigenvalue weighted by atomic mass is 15.3. The lowest BCUT2D eigenvalue weighted by Gasteiger charge is -2.20. The van der Waals surface area contributed by atoms with Crippen LogP contribution in [0.3, 0.4) is 0 Å². The molecule has 0 unspecified atom stereocenters. The summed E-state index contributed by atoms with van der Waals surface area (Å²) in [5, 5.41) is 8.34. The monoisotopic (exact) mass is 291 g/mol. The maximum atomic E-state index is 4.55. The second-order valence-electron chi connectivity index (χ2n) is 6.62. The molecule has 3 heteroatoms. The van der Waals surface area contributed by atoms with Gasteiger partial charge in [0.15, 0.2) is 0 Å². The van der Waals surface area contributed by atoms with Crippen molar-refractivity contribution in [3.05, 3.63) is 11.9 Å². The van der Waals surface area contributed by atoms with Crippen molar-refractivity contribution in [3.8, 4) is 0 Å². The van der Waals surface area contributed by atoms with Gasteiger partial charge in [0, 0.05) is 19.3 Å². The summed E-state index contributed by atoms with van der Waals surface area (Å²) in [6.07, 6.45) is 18.6. The van der Waals surface area contributed by atoms with Crippen molar-refractivity contribution in [1.82, 2.24) is 9.78 Å². The molecule has 1 fully saturated rings. The molecule has 0 radical (unpaired) electrons. The van der Waals surface area contributed by atoms with Gasteiger partial charge in [0.2, 0.25) is 0 Å². The maximum Gasteiger partial charge on any atom is 0.0853 e. The lowest BCUT2D eigenvalue weighted by Crippen LogP contribution is -2.20. The van der Waals surface area contributed by atoms with E-state index in [1.54, 1.807) is 0 Å². The number of hydrogen-bond donors (Lipinski definition) is 1. The average Bonchev–Trinajstić information content (AvgIpc) is 2.82. The van der Waals surface area contributed by atoms with Gasteiger partial charge in [-0.2, -0.15) is 5.10 Å². The molecule has 1 saturated carbocycles. The zero-order valence-corrected chi connectivity index (χ0v) is 14.0. The van der Waals surface area contributed by atoms with Gasteiger partial charge in [-0.1, -0.05) is 64.7 Å². The van der Waals surface area contributed by atoms with Gasteiger partial charge in [-0.3, -0.25) is 4.68 Å².